The van der Waals surface area contributed by atoms with E-state index in [1.165, 1.54) is 35.3 Å². The van der Waals surface area contributed by atoms with Gasteiger partial charge in [-0.1, -0.05) is 23.4 Å². The molecule has 195 valence electrons. The van der Waals surface area contributed by atoms with Gasteiger partial charge in [0.05, 0.1) is 22.0 Å². The van der Waals surface area contributed by atoms with Gasteiger partial charge in [0.2, 0.25) is 0 Å². The Kier molecular flexibility index (Phi) is 10.5. The van der Waals surface area contributed by atoms with Gasteiger partial charge in [0.1, 0.15) is 5.76 Å². The van der Waals surface area contributed by atoms with E-state index in [-0.39, 0.29) is 29.7 Å². The van der Waals surface area contributed by atoms with Gasteiger partial charge in [-0.05, 0) is 50.2 Å². The Hall–Kier alpha value is -2.45. The van der Waals surface area contributed by atoms with E-state index >= 15 is 0 Å². The van der Waals surface area contributed by atoms with E-state index in [9.17, 15) is 8.42 Å². The topological polar surface area (TPSA) is 136 Å². The fraction of sp³-hybridized carbons (Fsp3) is 0.0952. The number of sulfonamides is 1. The summed E-state index contributed by atoms with van der Waals surface area (Å²) in [5, 5.41) is 22.1. The van der Waals surface area contributed by atoms with Crippen LogP contribution in [0.3, 0.4) is 0 Å². The predicted octanol–water partition coefficient (Wildman–Crippen LogP) is 6.52. The van der Waals surface area contributed by atoms with Gasteiger partial charge in [-0.2, -0.15) is 5.10 Å². The molecule has 0 bridgehead atoms. The van der Waals surface area contributed by atoms with Gasteiger partial charge < -0.3 is 17.2 Å². The average Bonchev–Trinajstić information content (AvgIpc) is 3.41. The molecule has 0 atom stereocenters. The SMILES string of the molecule is CC1=NN(c2ccccc2)C(=N)/C1=C(/[S-])SN=Nc1ccc(S(=O)(=O)Nc2cc(C)on2)cc1.[Cl][Fe+][Cl]. The van der Waals surface area contributed by atoms with Crippen molar-refractivity contribution in [2.75, 3.05) is 9.73 Å². The molecule has 2 aromatic carbocycles. The molecule has 0 radical (unpaired) electrons. The van der Waals surface area contributed by atoms with Crippen LogP contribution in [0, 0.1) is 12.3 Å². The molecule has 0 fully saturated rings. The third-order valence-corrected chi connectivity index (χ3v) is 6.89. The summed E-state index contributed by atoms with van der Waals surface area (Å²) in [6.45, 7) is 3.44. The predicted molar refractivity (Wildman–Crippen MR) is 146 cm³/mol. The molecule has 2 heterocycles. The Morgan fingerprint density at radius 1 is 1.16 bits per heavy atom. The summed E-state index contributed by atoms with van der Waals surface area (Å²) in [6, 6.07) is 16.7. The summed E-state index contributed by atoms with van der Waals surface area (Å²) >= 11 is 6.58. The molecular weight excluding hydrogens is 621 g/mol. The van der Waals surface area contributed by atoms with E-state index < -0.39 is 10.0 Å². The van der Waals surface area contributed by atoms with Crippen molar-refractivity contribution in [2.24, 2.45) is 14.7 Å². The number of amidine groups is 1. The van der Waals surface area contributed by atoms with E-state index in [1.54, 1.807) is 13.8 Å². The number of para-hydroxylation sites is 1. The van der Waals surface area contributed by atoms with Crippen molar-refractivity contribution in [1.29, 1.82) is 5.41 Å². The molecule has 1 aliphatic heterocycles. The number of aryl methyl sites for hydroxylation is 1. The molecule has 4 rings (SSSR count). The molecule has 10 nitrogen and oxygen atoms in total. The Labute approximate surface area is 238 Å². The van der Waals surface area contributed by atoms with Crippen LogP contribution in [-0.2, 0) is 35.8 Å². The molecule has 0 unspecified atom stereocenters. The van der Waals surface area contributed by atoms with Crippen molar-refractivity contribution in [3.8, 4) is 0 Å². The zero-order chi connectivity index (χ0) is 27.0. The summed E-state index contributed by atoms with van der Waals surface area (Å²) in [6.07, 6.45) is 0. The summed E-state index contributed by atoms with van der Waals surface area (Å²) in [7, 11) is 5.71. The summed E-state index contributed by atoms with van der Waals surface area (Å²) in [5.74, 6) is 0.760. The van der Waals surface area contributed by atoms with Gasteiger partial charge in [-0.25, -0.2) is 13.4 Å². The quantitative estimate of drug-likeness (QED) is 0.130. The van der Waals surface area contributed by atoms with Gasteiger partial charge in [-0.3, -0.25) is 10.1 Å². The van der Waals surface area contributed by atoms with Gasteiger partial charge in [-0.15, -0.1) is 13.9 Å². The number of rotatable bonds is 7. The van der Waals surface area contributed by atoms with Gasteiger partial charge >= 0.3 is 33.3 Å². The zero-order valence-electron chi connectivity index (χ0n) is 19.1. The van der Waals surface area contributed by atoms with Crippen LogP contribution >= 0.6 is 32.1 Å². The zero-order valence-corrected chi connectivity index (χ0v) is 24.1. The Bertz CT molecular complexity index is 1450. The van der Waals surface area contributed by atoms with E-state index in [0.717, 1.165) is 17.6 Å². The van der Waals surface area contributed by atoms with Crippen molar-refractivity contribution in [3.63, 3.8) is 0 Å². The third-order valence-electron chi connectivity index (χ3n) is 4.56. The van der Waals surface area contributed by atoms with Crippen molar-refractivity contribution in [2.45, 2.75) is 18.7 Å². The fourth-order valence-corrected chi connectivity index (χ4v) is 4.85. The number of aromatic nitrogens is 1. The Balaban J connectivity index is 0.00000121. The van der Waals surface area contributed by atoms with Crippen molar-refractivity contribution in [3.05, 3.63) is 76.2 Å². The molecule has 3 aromatic rings. The minimum atomic E-state index is -3.82. The summed E-state index contributed by atoms with van der Waals surface area (Å²) < 4.78 is 36.5. The van der Waals surface area contributed by atoms with Gasteiger partial charge in [0, 0.05) is 23.6 Å². The molecule has 0 spiro atoms. The standard InChI is InChI=1S/C21H19N7O3S3.2ClH.Fe/c1-13-12-18(25-31-13)26-34(29,30)17-10-8-15(9-11-17)23-27-33-21(32)19-14(2)24-28(20(19)22)16-6-4-3-5-7-16;;;/h3-12,22,32H,1-2H3,(H,25,26);2*1H;/q;;;+3/p-3/b21-19-,22-20?,27-23?;;;. The van der Waals surface area contributed by atoms with Crippen LogP contribution in [-0.4, -0.2) is 25.1 Å². The number of benzene rings is 2. The van der Waals surface area contributed by atoms with Crippen LogP contribution in [0.2, 0.25) is 0 Å². The van der Waals surface area contributed by atoms with Crippen LogP contribution in [0.4, 0.5) is 17.2 Å². The second-order valence-corrected chi connectivity index (χ2v) is 12.0. The van der Waals surface area contributed by atoms with E-state index in [0.29, 0.717) is 27.0 Å². The van der Waals surface area contributed by atoms with Crippen molar-refractivity contribution >= 4 is 83.5 Å². The van der Waals surface area contributed by atoms with Crippen LogP contribution < -0.4 is 9.73 Å². The molecule has 16 heteroatoms. The average molecular weight is 639 g/mol. The number of halogens is 2. The van der Waals surface area contributed by atoms with Crippen molar-refractivity contribution in [1.82, 2.24) is 5.16 Å². The minimum absolute atomic E-state index is 0.0399. The molecule has 0 aliphatic carbocycles. The number of nitrogens with zero attached hydrogens (tertiary/aromatic N) is 5. The maximum atomic E-state index is 12.5. The number of hydrogen-bond acceptors (Lipinski definition) is 10. The van der Waals surface area contributed by atoms with E-state index in [1.807, 2.05) is 30.3 Å². The summed E-state index contributed by atoms with van der Waals surface area (Å²) in [5.41, 5.74) is 2.33. The number of anilines is 2. The number of hydrogen-bond donors (Lipinski definition) is 2. The molecular formula is C21H18Cl2FeN7O3S3. The maximum absolute atomic E-state index is 12.5. The molecule has 0 amide bonds. The van der Waals surface area contributed by atoms with Crippen LogP contribution in [0.25, 0.3) is 0 Å². The van der Waals surface area contributed by atoms with E-state index in [4.69, 9.17) is 42.8 Å². The van der Waals surface area contributed by atoms with E-state index in [2.05, 4.69) is 24.6 Å². The van der Waals surface area contributed by atoms with Gasteiger partial charge in [0.15, 0.2) is 11.7 Å². The van der Waals surface area contributed by atoms with Crippen LogP contribution in [0.1, 0.15) is 12.7 Å². The first-order valence-corrected chi connectivity index (χ1v) is 15.8. The second-order valence-electron chi connectivity index (χ2n) is 7.09. The molecule has 1 aliphatic rings. The fourth-order valence-electron chi connectivity index (χ4n) is 2.98. The first kappa shape index (κ1) is 29.1. The molecule has 0 saturated heterocycles. The number of nitrogens with one attached hydrogen (secondary N) is 2. The molecule has 37 heavy (non-hydrogen) atoms. The third kappa shape index (κ3) is 7.77. The normalized spacial score (nSPS) is 14.9. The van der Waals surface area contributed by atoms with Crippen LogP contribution in [0.15, 0.2) is 94.6 Å². The van der Waals surface area contributed by atoms with Crippen molar-refractivity contribution < 1.29 is 26.1 Å². The first-order chi connectivity index (χ1) is 17.7. The molecule has 2 N–H and O–H groups in total. The van der Waals surface area contributed by atoms with Gasteiger partial charge in [0.25, 0.3) is 10.0 Å². The second kappa shape index (κ2) is 13.4. The Morgan fingerprint density at radius 2 is 1.81 bits per heavy atom. The number of hydrazone groups is 1. The Morgan fingerprint density at radius 3 is 2.41 bits per heavy atom. The summed E-state index contributed by atoms with van der Waals surface area (Å²) in [4.78, 5) is 0.0399. The molecule has 1 aromatic heterocycles. The van der Waals surface area contributed by atoms with Crippen LogP contribution in [0.5, 0.6) is 0 Å². The monoisotopic (exact) mass is 638 g/mol. The molecule has 0 saturated carbocycles. The first-order valence-electron chi connectivity index (χ1n) is 10.1.